The molecule has 0 aliphatic rings. The van der Waals surface area contributed by atoms with Crippen LogP contribution in [0.4, 0.5) is 11.4 Å². The number of sulfonamides is 1. The maximum Gasteiger partial charge on any atom is 0.255 e. The van der Waals surface area contributed by atoms with E-state index in [2.05, 4.69) is 10.6 Å². The number of benzene rings is 3. The Morgan fingerprint density at radius 1 is 0.903 bits per heavy atom. The topological polar surface area (TPSA) is 118 Å². The molecule has 0 bridgehead atoms. The van der Waals surface area contributed by atoms with Gasteiger partial charge in [0.1, 0.15) is 0 Å². The Hall–Kier alpha value is -2.85. The van der Waals surface area contributed by atoms with E-state index >= 15 is 0 Å². The van der Waals surface area contributed by atoms with E-state index in [-0.39, 0.29) is 22.5 Å². The van der Waals surface area contributed by atoms with Crippen molar-refractivity contribution in [3.05, 3.63) is 83.4 Å². The number of rotatable bonds is 7. The van der Waals surface area contributed by atoms with Crippen LogP contribution in [0.2, 0.25) is 5.02 Å². The molecular formula is C21H18ClN3O4S2. The molecule has 0 saturated carbocycles. The predicted octanol–water partition coefficient (Wildman–Crippen LogP) is 3.97. The third kappa shape index (κ3) is 6.83. The summed E-state index contributed by atoms with van der Waals surface area (Å²) in [5, 5.41) is 11.0. The number of hydrogen-bond acceptors (Lipinski definition) is 5. The summed E-state index contributed by atoms with van der Waals surface area (Å²) in [6.45, 7) is 0. The van der Waals surface area contributed by atoms with Crippen molar-refractivity contribution in [2.45, 2.75) is 9.79 Å². The van der Waals surface area contributed by atoms with Gasteiger partial charge in [0, 0.05) is 26.9 Å². The largest absolute Gasteiger partial charge is 0.325 e. The molecular weight excluding hydrogens is 458 g/mol. The standard InChI is InChI=1S/C21H18ClN3O4S2/c22-15-4-1-3-14(11-15)21(27)25-17-5-2-6-18(12-17)30-13-20(26)24-16-7-9-19(10-8-16)31(23,28)29/h1-12H,13H2,(H,24,26)(H,25,27)(H2,23,28,29). The Morgan fingerprint density at radius 2 is 1.61 bits per heavy atom. The number of halogens is 1. The Balaban J connectivity index is 1.56. The lowest BCUT2D eigenvalue weighted by Crippen LogP contribution is -2.15. The molecule has 160 valence electrons. The van der Waals surface area contributed by atoms with Gasteiger partial charge in [-0.05, 0) is 60.7 Å². The van der Waals surface area contributed by atoms with Crippen molar-refractivity contribution < 1.29 is 18.0 Å². The maximum atomic E-state index is 12.3. The first-order valence-corrected chi connectivity index (χ1v) is 11.8. The predicted molar refractivity (Wildman–Crippen MR) is 123 cm³/mol. The minimum Gasteiger partial charge on any atom is -0.325 e. The van der Waals surface area contributed by atoms with Crippen LogP contribution < -0.4 is 15.8 Å². The molecule has 0 saturated heterocycles. The second kappa shape index (κ2) is 9.97. The smallest absolute Gasteiger partial charge is 0.255 e. The maximum absolute atomic E-state index is 12.3. The second-order valence-electron chi connectivity index (χ2n) is 6.40. The van der Waals surface area contributed by atoms with Crippen molar-refractivity contribution in [3.63, 3.8) is 0 Å². The molecule has 0 aliphatic carbocycles. The number of carbonyl (C=O) groups is 2. The minimum atomic E-state index is -3.78. The average Bonchev–Trinajstić information content (AvgIpc) is 2.72. The highest BCUT2D eigenvalue weighted by molar-refractivity contribution is 8.00. The highest BCUT2D eigenvalue weighted by atomic mass is 35.5. The van der Waals surface area contributed by atoms with Gasteiger partial charge in [-0.2, -0.15) is 0 Å². The van der Waals surface area contributed by atoms with Gasteiger partial charge in [0.25, 0.3) is 5.91 Å². The van der Waals surface area contributed by atoms with Crippen LogP contribution in [-0.2, 0) is 14.8 Å². The molecule has 0 atom stereocenters. The van der Waals surface area contributed by atoms with Crippen molar-refractivity contribution in [1.82, 2.24) is 0 Å². The number of carbonyl (C=O) groups excluding carboxylic acids is 2. The van der Waals surface area contributed by atoms with Gasteiger partial charge < -0.3 is 10.6 Å². The lowest BCUT2D eigenvalue weighted by atomic mass is 10.2. The Kier molecular flexibility index (Phi) is 7.34. The van der Waals surface area contributed by atoms with Crippen LogP contribution in [0.15, 0.2) is 82.6 Å². The first-order chi connectivity index (χ1) is 14.7. The van der Waals surface area contributed by atoms with Crippen LogP contribution in [0.1, 0.15) is 10.4 Å². The molecule has 3 aromatic carbocycles. The summed E-state index contributed by atoms with van der Waals surface area (Å²) in [4.78, 5) is 25.3. The molecule has 31 heavy (non-hydrogen) atoms. The highest BCUT2D eigenvalue weighted by Crippen LogP contribution is 2.23. The lowest BCUT2D eigenvalue weighted by Gasteiger charge is -2.09. The van der Waals surface area contributed by atoms with Gasteiger partial charge in [0.2, 0.25) is 15.9 Å². The van der Waals surface area contributed by atoms with Crippen LogP contribution in [-0.4, -0.2) is 26.0 Å². The van der Waals surface area contributed by atoms with E-state index in [1.807, 2.05) is 6.07 Å². The number of anilines is 2. The van der Waals surface area contributed by atoms with Crippen LogP contribution >= 0.6 is 23.4 Å². The fourth-order valence-electron chi connectivity index (χ4n) is 2.57. The monoisotopic (exact) mass is 475 g/mol. The number of amides is 2. The molecule has 0 heterocycles. The van der Waals surface area contributed by atoms with Gasteiger partial charge in [-0.1, -0.05) is 23.7 Å². The number of primary sulfonamides is 1. The number of thioether (sulfide) groups is 1. The molecule has 0 spiro atoms. The van der Waals surface area contributed by atoms with Gasteiger partial charge in [0.15, 0.2) is 0 Å². The summed E-state index contributed by atoms with van der Waals surface area (Å²) in [7, 11) is -3.78. The lowest BCUT2D eigenvalue weighted by molar-refractivity contribution is -0.113. The highest BCUT2D eigenvalue weighted by Gasteiger charge is 2.10. The second-order valence-corrected chi connectivity index (χ2v) is 9.45. The molecule has 7 nitrogen and oxygen atoms in total. The Labute approximate surface area is 189 Å². The van der Waals surface area contributed by atoms with E-state index in [1.165, 1.54) is 36.0 Å². The van der Waals surface area contributed by atoms with E-state index in [1.54, 1.807) is 42.5 Å². The average molecular weight is 476 g/mol. The molecule has 0 unspecified atom stereocenters. The van der Waals surface area contributed by atoms with Crippen LogP contribution in [0.3, 0.4) is 0 Å². The zero-order valence-electron chi connectivity index (χ0n) is 16.0. The van der Waals surface area contributed by atoms with Crippen molar-refractivity contribution in [2.75, 3.05) is 16.4 Å². The molecule has 2 amide bonds. The van der Waals surface area contributed by atoms with Crippen LogP contribution in [0.5, 0.6) is 0 Å². The first-order valence-electron chi connectivity index (χ1n) is 8.93. The molecule has 0 radical (unpaired) electrons. The van der Waals surface area contributed by atoms with E-state index < -0.39 is 10.0 Å². The van der Waals surface area contributed by atoms with Gasteiger partial charge >= 0.3 is 0 Å². The van der Waals surface area contributed by atoms with Crippen molar-refractivity contribution in [3.8, 4) is 0 Å². The molecule has 0 aliphatic heterocycles. The van der Waals surface area contributed by atoms with Gasteiger partial charge in [-0.3, -0.25) is 9.59 Å². The zero-order valence-corrected chi connectivity index (χ0v) is 18.4. The van der Waals surface area contributed by atoms with Gasteiger partial charge in [-0.15, -0.1) is 11.8 Å². The third-order valence-electron chi connectivity index (χ3n) is 4.02. The van der Waals surface area contributed by atoms with Crippen LogP contribution in [0, 0.1) is 0 Å². The van der Waals surface area contributed by atoms with Crippen LogP contribution in [0.25, 0.3) is 0 Å². The van der Waals surface area contributed by atoms with E-state index in [4.69, 9.17) is 16.7 Å². The summed E-state index contributed by atoms with van der Waals surface area (Å²) in [5.74, 6) is -0.421. The Bertz CT molecular complexity index is 1220. The number of hydrogen-bond donors (Lipinski definition) is 3. The zero-order chi connectivity index (χ0) is 22.4. The van der Waals surface area contributed by atoms with E-state index in [0.29, 0.717) is 22.0 Å². The minimum absolute atomic E-state index is 0.0310. The normalized spacial score (nSPS) is 11.0. The molecule has 4 N–H and O–H groups in total. The summed E-state index contributed by atoms with van der Waals surface area (Å²) in [6.07, 6.45) is 0. The molecule has 0 fully saturated rings. The molecule has 3 aromatic rings. The van der Waals surface area contributed by atoms with E-state index in [9.17, 15) is 18.0 Å². The quantitative estimate of drug-likeness (QED) is 0.447. The molecule has 3 rings (SSSR count). The molecule has 10 heteroatoms. The summed E-state index contributed by atoms with van der Waals surface area (Å²) in [6, 6.07) is 19.3. The summed E-state index contributed by atoms with van der Waals surface area (Å²) in [5.41, 5.74) is 1.49. The SMILES string of the molecule is NS(=O)(=O)c1ccc(NC(=O)CSc2cccc(NC(=O)c3cccc(Cl)c3)c2)cc1. The third-order valence-corrected chi connectivity index (χ3v) is 6.17. The molecule has 0 aromatic heterocycles. The van der Waals surface area contributed by atoms with Crippen molar-refractivity contribution >= 4 is 56.6 Å². The van der Waals surface area contributed by atoms with Gasteiger partial charge in [0.05, 0.1) is 10.6 Å². The number of nitrogens with one attached hydrogen (secondary N) is 2. The van der Waals surface area contributed by atoms with Crippen molar-refractivity contribution in [2.24, 2.45) is 5.14 Å². The van der Waals surface area contributed by atoms with Crippen molar-refractivity contribution in [1.29, 1.82) is 0 Å². The van der Waals surface area contributed by atoms with Gasteiger partial charge in [-0.25, -0.2) is 13.6 Å². The fourth-order valence-corrected chi connectivity index (χ4v) is 4.03. The Morgan fingerprint density at radius 3 is 2.29 bits per heavy atom. The summed E-state index contributed by atoms with van der Waals surface area (Å²) < 4.78 is 22.5. The number of nitrogens with two attached hydrogens (primary N) is 1. The first kappa shape index (κ1) is 22.8. The summed E-state index contributed by atoms with van der Waals surface area (Å²) >= 11 is 7.21. The fraction of sp³-hybridized carbons (Fsp3) is 0.0476. The van der Waals surface area contributed by atoms with E-state index in [0.717, 1.165) is 4.90 Å².